The molecular formula is C20H22N4O. The van der Waals surface area contributed by atoms with E-state index in [9.17, 15) is 0 Å². The van der Waals surface area contributed by atoms with Crippen LogP contribution < -0.4 is 5.32 Å². The van der Waals surface area contributed by atoms with E-state index in [4.69, 9.17) is 4.42 Å². The van der Waals surface area contributed by atoms with Crippen molar-refractivity contribution in [1.82, 2.24) is 20.2 Å². The van der Waals surface area contributed by atoms with Gasteiger partial charge in [0.2, 0.25) is 5.89 Å². The minimum Gasteiger partial charge on any atom is -0.444 e. The first kappa shape index (κ1) is 16.0. The van der Waals surface area contributed by atoms with Crippen molar-refractivity contribution < 1.29 is 4.42 Å². The molecule has 1 aromatic carbocycles. The Morgan fingerprint density at radius 3 is 2.92 bits per heavy atom. The summed E-state index contributed by atoms with van der Waals surface area (Å²) in [5.41, 5.74) is 4.44. The van der Waals surface area contributed by atoms with Gasteiger partial charge in [-0.1, -0.05) is 23.8 Å². The minimum absolute atomic E-state index is 0.307. The highest BCUT2D eigenvalue weighted by molar-refractivity contribution is 5.53. The van der Waals surface area contributed by atoms with Gasteiger partial charge >= 0.3 is 0 Å². The molecule has 1 saturated heterocycles. The van der Waals surface area contributed by atoms with Gasteiger partial charge in [0, 0.05) is 50.2 Å². The van der Waals surface area contributed by atoms with E-state index in [1.165, 1.54) is 11.1 Å². The highest BCUT2D eigenvalue weighted by Gasteiger charge is 2.24. The van der Waals surface area contributed by atoms with Crippen LogP contribution in [0, 0.1) is 6.92 Å². The van der Waals surface area contributed by atoms with Crippen LogP contribution in [0.2, 0.25) is 0 Å². The molecule has 0 saturated carbocycles. The Bertz CT molecular complexity index is 813. The number of benzene rings is 1. The largest absolute Gasteiger partial charge is 0.444 e. The van der Waals surface area contributed by atoms with Gasteiger partial charge < -0.3 is 9.73 Å². The minimum atomic E-state index is 0.307. The van der Waals surface area contributed by atoms with Crippen LogP contribution in [0.1, 0.15) is 22.9 Å². The molecule has 25 heavy (non-hydrogen) atoms. The van der Waals surface area contributed by atoms with Crippen LogP contribution in [0.4, 0.5) is 0 Å². The predicted octanol–water partition coefficient (Wildman–Crippen LogP) is 3.19. The monoisotopic (exact) mass is 334 g/mol. The van der Waals surface area contributed by atoms with Gasteiger partial charge in [0.05, 0.1) is 5.69 Å². The van der Waals surface area contributed by atoms with Gasteiger partial charge in [0.25, 0.3) is 0 Å². The van der Waals surface area contributed by atoms with E-state index >= 15 is 0 Å². The number of hydrogen-bond acceptors (Lipinski definition) is 5. The summed E-state index contributed by atoms with van der Waals surface area (Å²) in [6, 6.07) is 12.7. The van der Waals surface area contributed by atoms with Crippen LogP contribution in [0.5, 0.6) is 0 Å². The molecule has 0 spiro atoms. The lowest BCUT2D eigenvalue weighted by Crippen LogP contribution is -2.45. The van der Waals surface area contributed by atoms with E-state index in [1.54, 1.807) is 6.26 Å². The van der Waals surface area contributed by atoms with Crippen molar-refractivity contribution in [2.24, 2.45) is 0 Å². The molecular weight excluding hydrogens is 312 g/mol. The van der Waals surface area contributed by atoms with E-state index in [0.29, 0.717) is 11.9 Å². The predicted molar refractivity (Wildman–Crippen MR) is 96.9 cm³/mol. The van der Waals surface area contributed by atoms with E-state index in [2.05, 4.69) is 45.3 Å². The second kappa shape index (κ2) is 7.17. The fourth-order valence-corrected chi connectivity index (χ4v) is 3.25. The maximum absolute atomic E-state index is 5.71. The van der Waals surface area contributed by atoms with Gasteiger partial charge in [0.1, 0.15) is 6.26 Å². The van der Waals surface area contributed by atoms with Gasteiger partial charge in [0.15, 0.2) is 0 Å². The standard InChI is InChI=1S/C20H22N4O/c1-15-4-6-16(7-5-15)20-23-18(14-25-20)13-24-10-9-22-12-19(24)17-3-2-8-21-11-17/h2-8,11,14,19,22H,9-10,12-13H2,1H3. The molecule has 5 nitrogen and oxygen atoms in total. The number of nitrogens with zero attached hydrogens (tertiary/aromatic N) is 3. The fourth-order valence-electron chi connectivity index (χ4n) is 3.25. The van der Waals surface area contributed by atoms with E-state index < -0.39 is 0 Å². The number of aryl methyl sites for hydroxylation is 1. The number of pyridine rings is 1. The summed E-state index contributed by atoms with van der Waals surface area (Å²) < 4.78 is 5.71. The van der Waals surface area contributed by atoms with Crippen molar-refractivity contribution in [3.63, 3.8) is 0 Å². The van der Waals surface area contributed by atoms with Gasteiger partial charge in [-0.05, 0) is 30.7 Å². The quantitative estimate of drug-likeness (QED) is 0.794. The zero-order valence-corrected chi connectivity index (χ0v) is 14.4. The molecule has 0 aliphatic carbocycles. The molecule has 0 radical (unpaired) electrons. The summed E-state index contributed by atoms with van der Waals surface area (Å²) in [7, 11) is 0. The molecule has 1 unspecified atom stereocenters. The van der Waals surface area contributed by atoms with Crippen molar-refractivity contribution in [2.75, 3.05) is 19.6 Å². The smallest absolute Gasteiger partial charge is 0.226 e. The molecule has 1 aliphatic heterocycles. The second-order valence-electron chi connectivity index (χ2n) is 6.49. The Labute approximate surface area is 147 Å². The highest BCUT2D eigenvalue weighted by Crippen LogP contribution is 2.25. The number of hydrogen-bond donors (Lipinski definition) is 1. The second-order valence-corrected chi connectivity index (χ2v) is 6.49. The molecule has 1 aliphatic rings. The van der Waals surface area contributed by atoms with Crippen molar-refractivity contribution in [1.29, 1.82) is 0 Å². The van der Waals surface area contributed by atoms with Gasteiger partial charge in [-0.3, -0.25) is 9.88 Å². The Balaban J connectivity index is 1.51. The molecule has 4 rings (SSSR count). The van der Waals surface area contributed by atoms with Crippen LogP contribution in [-0.2, 0) is 6.54 Å². The van der Waals surface area contributed by atoms with Gasteiger partial charge in [-0.25, -0.2) is 4.98 Å². The summed E-state index contributed by atoms with van der Waals surface area (Å²) >= 11 is 0. The number of aromatic nitrogens is 2. The molecule has 3 heterocycles. The van der Waals surface area contributed by atoms with Crippen LogP contribution >= 0.6 is 0 Å². The first-order chi connectivity index (χ1) is 12.3. The third-order valence-corrected chi connectivity index (χ3v) is 4.64. The topological polar surface area (TPSA) is 54.2 Å². The van der Waals surface area contributed by atoms with Gasteiger partial charge in [-0.2, -0.15) is 0 Å². The number of rotatable bonds is 4. The third-order valence-electron chi connectivity index (χ3n) is 4.64. The zero-order chi connectivity index (χ0) is 17.1. The van der Waals surface area contributed by atoms with Crippen molar-refractivity contribution in [3.05, 3.63) is 71.9 Å². The number of oxazole rings is 1. The van der Waals surface area contributed by atoms with Crippen molar-refractivity contribution in [2.45, 2.75) is 19.5 Å². The Morgan fingerprint density at radius 1 is 1.24 bits per heavy atom. The van der Waals surface area contributed by atoms with Crippen molar-refractivity contribution in [3.8, 4) is 11.5 Å². The molecule has 2 aromatic heterocycles. The summed E-state index contributed by atoms with van der Waals surface area (Å²) in [5.74, 6) is 0.683. The SMILES string of the molecule is Cc1ccc(-c2nc(CN3CCNCC3c3cccnc3)co2)cc1. The number of nitrogens with one attached hydrogen (secondary N) is 1. The van der Waals surface area contributed by atoms with E-state index in [-0.39, 0.29) is 0 Å². The van der Waals surface area contributed by atoms with E-state index in [1.807, 2.05) is 30.6 Å². The zero-order valence-electron chi connectivity index (χ0n) is 14.4. The Kier molecular flexibility index (Phi) is 4.59. The molecule has 0 bridgehead atoms. The van der Waals surface area contributed by atoms with Crippen LogP contribution in [0.3, 0.4) is 0 Å². The summed E-state index contributed by atoms with van der Waals surface area (Å²) in [6.07, 6.45) is 5.54. The molecule has 3 aromatic rings. The lowest BCUT2D eigenvalue weighted by molar-refractivity contribution is 0.151. The molecule has 1 atom stereocenters. The molecule has 0 amide bonds. The average Bonchev–Trinajstić information content (AvgIpc) is 3.12. The molecule has 1 fully saturated rings. The van der Waals surface area contributed by atoms with E-state index in [0.717, 1.165) is 37.4 Å². The summed E-state index contributed by atoms with van der Waals surface area (Å²) in [4.78, 5) is 11.4. The molecule has 128 valence electrons. The Morgan fingerprint density at radius 2 is 2.12 bits per heavy atom. The van der Waals surface area contributed by atoms with Crippen LogP contribution in [-0.4, -0.2) is 34.5 Å². The highest BCUT2D eigenvalue weighted by atomic mass is 16.3. The third kappa shape index (κ3) is 3.62. The summed E-state index contributed by atoms with van der Waals surface area (Å²) in [5, 5.41) is 3.47. The first-order valence-electron chi connectivity index (χ1n) is 8.66. The first-order valence-corrected chi connectivity index (χ1v) is 8.66. The maximum Gasteiger partial charge on any atom is 0.226 e. The van der Waals surface area contributed by atoms with Gasteiger partial charge in [-0.15, -0.1) is 0 Å². The maximum atomic E-state index is 5.71. The van der Waals surface area contributed by atoms with Crippen molar-refractivity contribution >= 4 is 0 Å². The van der Waals surface area contributed by atoms with Crippen LogP contribution in [0.25, 0.3) is 11.5 Å². The Hall–Kier alpha value is -2.50. The number of piperazine rings is 1. The lowest BCUT2D eigenvalue weighted by Gasteiger charge is -2.35. The average molecular weight is 334 g/mol. The lowest BCUT2D eigenvalue weighted by atomic mass is 10.1. The normalized spacial score (nSPS) is 18.4. The molecule has 1 N–H and O–H groups in total. The molecule has 5 heteroatoms. The fraction of sp³-hybridized carbons (Fsp3) is 0.300. The van der Waals surface area contributed by atoms with Crippen LogP contribution in [0.15, 0.2) is 59.5 Å². The summed E-state index contributed by atoms with van der Waals surface area (Å²) in [6.45, 7) is 5.74.